The Morgan fingerprint density at radius 2 is 1.96 bits per heavy atom. The normalized spacial score (nSPS) is 17.9. The van der Waals surface area contributed by atoms with Crippen molar-refractivity contribution in [2.24, 2.45) is 0 Å². The molecule has 2 fully saturated rings. The van der Waals surface area contributed by atoms with Crippen LogP contribution in [0.3, 0.4) is 0 Å². The number of carbonyl (C=O) groups excluding carboxylic acids is 2. The highest BCUT2D eigenvalue weighted by Crippen LogP contribution is 2.52. The van der Waals surface area contributed by atoms with Crippen LogP contribution >= 0.6 is 0 Å². The zero-order valence-corrected chi connectivity index (χ0v) is 14.8. The van der Waals surface area contributed by atoms with Crippen LogP contribution in [-0.2, 0) is 15.0 Å². The summed E-state index contributed by atoms with van der Waals surface area (Å²) in [5, 5.41) is 3.04. The summed E-state index contributed by atoms with van der Waals surface area (Å²) in [6.45, 7) is 0.737. The molecule has 0 atom stereocenters. The maximum absolute atomic E-state index is 13.0. The van der Waals surface area contributed by atoms with E-state index in [1.807, 2.05) is 48.5 Å². The van der Waals surface area contributed by atoms with E-state index >= 15 is 0 Å². The minimum absolute atomic E-state index is 0.0214. The van der Waals surface area contributed by atoms with Gasteiger partial charge in [0.25, 0.3) is 0 Å². The van der Waals surface area contributed by atoms with Gasteiger partial charge in [-0.25, -0.2) is 0 Å². The Bertz CT molecular complexity index is 858. The molecule has 4 rings (SSSR count). The molecule has 0 bridgehead atoms. The van der Waals surface area contributed by atoms with Crippen LogP contribution in [0.4, 0.5) is 11.4 Å². The van der Waals surface area contributed by atoms with Gasteiger partial charge >= 0.3 is 0 Å². The van der Waals surface area contributed by atoms with Crippen LogP contribution in [0.15, 0.2) is 48.5 Å². The topological polar surface area (TPSA) is 58.6 Å². The van der Waals surface area contributed by atoms with E-state index in [-0.39, 0.29) is 11.8 Å². The van der Waals surface area contributed by atoms with Gasteiger partial charge in [-0.15, -0.1) is 0 Å². The molecule has 5 heteroatoms. The predicted molar refractivity (Wildman–Crippen MR) is 101 cm³/mol. The summed E-state index contributed by atoms with van der Waals surface area (Å²) in [5.41, 5.74) is 1.97. The van der Waals surface area contributed by atoms with E-state index < -0.39 is 5.41 Å². The Morgan fingerprint density at radius 3 is 2.65 bits per heavy atom. The fraction of sp³-hybridized carbons (Fsp3) is 0.333. The first-order valence-corrected chi connectivity index (χ1v) is 8.99. The van der Waals surface area contributed by atoms with Crippen LogP contribution in [0.2, 0.25) is 0 Å². The van der Waals surface area contributed by atoms with Crippen LogP contribution in [0.5, 0.6) is 5.75 Å². The summed E-state index contributed by atoms with van der Waals surface area (Å²) >= 11 is 0. The van der Waals surface area contributed by atoms with Gasteiger partial charge < -0.3 is 15.0 Å². The molecule has 0 unspecified atom stereocenters. The molecule has 0 spiro atoms. The maximum Gasteiger partial charge on any atom is 0.235 e. The molecule has 1 saturated heterocycles. The molecular formula is C21H22N2O3. The monoisotopic (exact) mass is 350 g/mol. The number of amides is 2. The van der Waals surface area contributed by atoms with Gasteiger partial charge in [0.05, 0.1) is 12.5 Å². The molecule has 1 saturated carbocycles. The lowest BCUT2D eigenvalue weighted by atomic mass is 9.94. The number of rotatable bonds is 5. The molecule has 0 radical (unpaired) electrons. The molecule has 2 aliphatic rings. The van der Waals surface area contributed by atoms with E-state index in [2.05, 4.69) is 5.32 Å². The Hall–Kier alpha value is -2.82. The number of hydrogen-bond donors (Lipinski definition) is 1. The van der Waals surface area contributed by atoms with Gasteiger partial charge in [-0.1, -0.05) is 24.3 Å². The smallest absolute Gasteiger partial charge is 0.235 e. The number of ether oxygens (including phenoxy) is 1. The standard InChI is InChI=1S/C21H22N2O3/c1-26-18-9-3-2-8-17(18)21(11-12-21)20(25)22-15-6-4-7-16(14-15)23-13-5-10-19(23)24/h2-4,6-9,14H,5,10-13H2,1H3,(H,22,25). The fourth-order valence-corrected chi connectivity index (χ4v) is 3.71. The van der Waals surface area contributed by atoms with Gasteiger partial charge in [-0.05, 0) is 43.5 Å². The van der Waals surface area contributed by atoms with Crippen molar-refractivity contribution in [3.63, 3.8) is 0 Å². The summed E-state index contributed by atoms with van der Waals surface area (Å²) in [4.78, 5) is 26.8. The van der Waals surface area contributed by atoms with Gasteiger partial charge in [-0.2, -0.15) is 0 Å². The van der Waals surface area contributed by atoms with Crippen LogP contribution in [0.1, 0.15) is 31.2 Å². The van der Waals surface area contributed by atoms with E-state index in [0.717, 1.165) is 42.8 Å². The lowest BCUT2D eigenvalue weighted by Crippen LogP contribution is -2.28. The third-order valence-electron chi connectivity index (χ3n) is 5.30. The van der Waals surface area contributed by atoms with E-state index in [1.165, 1.54) is 0 Å². The third-order valence-corrected chi connectivity index (χ3v) is 5.30. The highest BCUT2D eigenvalue weighted by Gasteiger charge is 2.52. The summed E-state index contributed by atoms with van der Waals surface area (Å²) in [6.07, 6.45) is 3.09. The van der Waals surface area contributed by atoms with E-state index in [0.29, 0.717) is 12.1 Å². The molecule has 1 aliphatic carbocycles. The number of para-hydroxylation sites is 1. The molecule has 1 heterocycles. The van der Waals surface area contributed by atoms with Crippen molar-refractivity contribution in [2.75, 3.05) is 23.9 Å². The second kappa shape index (κ2) is 6.48. The fourth-order valence-electron chi connectivity index (χ4n) is 3.71. The first-order chi connectivity index (χ1) is 12.6. The first kappa shape index (κ1) is 16.6. The lowest BCUT2D eigenvalue weighted by molar-refractivity contribution is -0.118. The van der Waals surface area contributed by atoms with Gasteiger partial charge in [0, 0.05) is 29.9 Å². The van der Waals surface area contributed by atoms with Crippen molar-refractivity contribution in [1.29, 1.82) is 0 Å². The Labute approximate surface area is 153 Å². The summed E-state index contributed by atoms with van der Waals surface area (Å²) in [6, 6.07) is 15.2. The van der Waals surface area contributed by atoms with Crippen molar-refractivity contribution in [3.05, 3.63) is 54.1 Å². The largest absolute Gasteiger partial charge is 0.496 e. The number of benzene rings is 2. The Morgan fingerprint density at radius 1 is 1.15 bits per heavy atom. The average Bonchev–Trinajstić information content (AvgIpc) is 3.37. The number of nitrogens with zero attached hydrogens (tertiary/aromatic N) is 1. The van der Waals surface area contributed by atoms with E-state index in [9.17, 15) is 9.59 Å². The summed E-state index contributed by atoms with van der Waals surface area (Å²) in [7, 11) is 1.63. The Balaban J connectivity index is 1.56. The van der Waals surface area contributed by atoms with Gasteiger partial charge in [0.15, 0.2) is 0 Å². The van der Waals surface area contributed by atoms with Gasteiger partial charge in [-0.3, -0.25) is 9.59 Å². The van der Waals surface area contributed by atoms with Crippen LogP contribution in [-0.4, -0.2) is 25.5 Å². The second-order valence-electron chi connectivity index (χ2n) is 6.94. The second-order valence-corrected chi connectivity index (χ2v) is 6.94. The number of anilines is 2. The van der Waals surface area contributed by atoms with Crippen molar-refractivity contribution >= 4 is 23.2 Å². The molecule has 0 aromatic heterocycles. The highest BCUT2D eigenvalue weighted by molar-refractivity contribution is 6.02. The Kier molecular flexibility index (Phi) is 4.15. The predicted octanol–water partition coefficient (Wildman–Crippen LogP) is 3.49. The number of methoxy groups -OCH3 is 1. The SMILES string of the molecule is COc1ccccc1C1(C(=O)Nc2cccc(N3CCCC3=O)c2)CC1. The van der Waals surface area contributed by atoms with Crippen LogP contribution in [0, 0.1) is 0 Å². The van der Waals surface area contributed by atoms with Crippen molar-refractivity contribution in [2.45, 2.75) is 31.1 Å². The van der Waals surface area contributed by atoms with Crippen molar-refractivity contribution in [1.82, 2.24) is 0 Å². The molecule has 26 heavy (non-hydrogen) atoms. The number of hydrogen-bond acceptors (Lipinski definition) is 3. The van der Waals surface area contributed by atoms with E-state index in [1.54, 1.807) is 12.0 Å². The van der Waals surface area contributed by atoms with E-state index in [4.69, 9.17) is 4.74 Å². The molecule has 1 aliphatic heterocycles. The average molecular weight is 350 g/mol. The minimum Gasteiger partial charge on any atom is -0.496 e. The quantitative estimate of drug-likeness (QED) is 0.898. The lowest BCUT2D eigenvalue weighted by Gasteiger charge is -2.20. The van der Waals surface area contributed by atoms with Gasteiger partial charge in [0.1, 0.15) is 5.75 Å². The molecule has 2 amide bonds. The number of carbonyl (C=O) groups is 2. The molecular weight excluding hydrogens is 328 g/mol. The summed E-state index contributed by atoms with van der Waals surface area (Å²) < 4.78 is 5.45. The summed E-state index contributed by atoms with van der Waals surface area (Å²) in [5.74, 6) is 0.865. The molecule has 5 nitrogen and oxygen atoms in total. The molecule has 1 N–H and O–H groups in total. The van der Waals surface area contributed by atoms with Gasteiger partial charge in [0.2, 0.25) is 11.8 Å². The zero-order valence-electron chi connectivity index (χ0n) is 14.8. The zero-order chi connectivity index (χ0) is 18.1. The van der Waals surface area contributed by atoms with Crippen LogP contribution < -0.4 is 15.0 Å². The highest BCUT2D eigenvalue weighted by atomic mass is 16.5. The minimum atomic E-state index is -0.522. The third kappa shape index (κ3) is 2.83. The molecule has 134 valence electrons. The molecule has 2 aromatic carbocycles. The van der Waals surface area contributed by atoms with Crippen molar-refractivity contribution in [3.8, 4) is 5.75 Å². The number of nitrogens with one attached hydrogen (secondary N) is 1. The van der Waals surface area contributed by atoms with Crippen molar-refractivity contribution < 1.29 is 14.3 Å². The van der Waals surface area contributed by atoms with Crippen LogP contribution in [0.25, 0.3) is 0 Å². The molecule has 2 aromatic rings. The first-order valence-electron chi connectivity index (χ1n) is 8.99. The maximum atomic E-state index is 13.0.